The van der Waals surface area contributed by atoms with Crippen molar-refractivity contribution in [2.45, 2.75) is 76.5 Å². The maximum Gasteiger partial charge on any atom is 0.0695 e. The first-order valence-electron chi connectivity index (χ1n) is 7.08. The number of hydrogen-bond donors (Lipinski definition) is 1. The number of likely N-dealkylation sites (N-methyl/N-ethyl adjacent to an activating group) is 1. The van der Waals surface area contributed by atoms with Crippen LogP contribution in [0, 0.1) is 5.92 Å². The Hall–Kier alpha value is -0.0800. The molecule has 0 aromatic carbocycles. The van der Waals surface area contributed by atoms with Crippen molar-refractivity contribution < 1.29 is 5.11 Å². The monoisotopic (exact) mass is 225 g/mol. The summed E-state index contributed by atoms with van der Waals surface area (Å²) in [7, 11) is 2.24. The highest BCUT2D eigenvalue weighted by molar-refractivity contribution is 4.87. The molecule has 2 aliphatic rings. The molecule has 0 saturated heterocycles. The molecule has 4 atom stereocenters. The van der Waals surface area contributed by atoms with Crippen LogP contribution in [0.25, 0.3) is 0 Å². The van der Waals surface area contributed by atoms with E-state index < -0.39 is 0 Å². The first kappa shape index (κ1) is 12.4. The van der Waals surface area contributed by atoms with Crippen LogP contribution in [-0.2, 0) is 0 Å². The zero-order valence-electron chi connectivity index (χ0n) is 10.9. The first-order valence-corrected chi connectivity index (χ1v) is 7.08. The first-order chi connectivity index (χ1) is 7.68. The normalized spacial score (nSPS) is 41.2. The van der Waals surface area contributed by atoms with Gasteiger partial charge >= 0.3 is 0 Å². The number of aliphatic hydroxyl groups excluding tert-OH is 1. The quantitative estimate of drug-likeness (QED) is 0.781. The molecule has 2 rings (SSSR count). The molecule has 2 heteroatoms. The van der Waals surface area contributed by atoms with E-state index in [-0.39, 0.29) is 6.10 Å². The van der Waals surface area contributed by atoms with Gasteiger partial charge in [0, 0.05) is 12.1 Å². The highest BCUT2D eigenvalue weighted by Gasteiger charge is 2.32. The predicted octanol–water partition coefficient (Wildman–Crippen LogP) is 2.80. The molecule has 2 nitrogen and oxygen atoms in total. The summed E-state index contributed by atoms with van der Waals surface area (Å²) in [6.07, 6.45) is 10.1. The summed E-state index contributed by atoms with van der Waals surface area (Å²) >= 11 is 0. The van der Waals surface area contributed by atoms with Gasteiger partial charge in [-0.2, -0.15) is 0 Å². The molecule has 2 unspecified atom stereocenters. The van der Waals surface area contributed by atoms with Crippen LogP contribution in [0.4, 0.5) is 0 Å². The van der Waals surface area contributed by atoms with E-state index in [1.165, 1.54) is 44.9 Å². The second kappa shape index (κ2) is 5.50. The fourth-order valence-electron chi connectivity index (χ4n) is 3.61. The molecule has 0 aromatic heterocycles. The van der Waals surface area contributed by atoms with Gasteiger partial charge in [0.2, 0.25) is 0 Å². The Bertz CT molecular complexity index is 219. The second-order valence-electron chi connectivity index (χ2n) is 6.01. The van der Waals surface area contributed by atoms with Gasteiger partial charge in [0.1, 0.15) is 0 Å². The third kappa shape index (κ3) is 2.78. The van der Waals surface area contributed by atoms with Crippen LogP contribution in [0.5, 0.6) is 0 Å². The van der Waals surface area contributed by atoms with E-state index >= 15 is 0 Å². The molecule has 16 heavy (non-hydrogen) atoms. The smallest absolute Gasteiger partial charge is 0.0695 e. The van der Waals surface area contributed by atoms with Gasteiger partial charge in [-0.25, -0.2) is 0 Å². The van der Waals surface area contributed by atoms with Crippen LogP contribution in [0.2, 0.25) is 0 Å². The van der Waals surface area contributed by atoms with Gasteiger partial charge in [-0.05, 0) is 38.6 Å². The van der Waals surface area contributed by atoms with Gasteiger partial charge in [0.25, 0.3) is 0 Å². The molecule has 0 spiro atoms. The Kier molecular flexibility index (Phi) is 4.26. The largest absolute Gasteiger partial charge is 0.391 e. The van der Waals surface area contributed by atoms with E-state index in [4.69, 9.17) is 0 Å². The van der Waals surface area contributed by atoms with Crippen LogP contribution in [0.1, 0.15) is 58.3 Å². The Balaban J connectivity index is 1.91. The Morgan fingerprint density at radius 2 is 1.75 bits per heavy atom. The van der Waals surface area contributed by atoms with Gasteiger partial charge in [-0.3, -0.25) is 4.90 Å². The van der Waals surface area contributed by atoms with Gasteiger partial charge in [0.05, 0.1) is 6.10 Å². The summed E-state index contributed by atoms with van der Waals surface area (Å²) < 4.78 is 0. The number of rotatable bonds is 2. The van der Waals surface area contributed by atoms with Crippen molar-refractivity contribution in [1.29, 1.82) is 0 Å². The number of nitrogens with zero attached hydrogens (tertiary/aromatic N) is 1. The van der Waals surface area contributed by atoms with Crippen LogP contribution in [0.15, 0.2) is 0 Å². The molecule has 0 heterocycles. The Morgan fingerprint density at radius 3 is 2.44 bits per heavy atom. The van der Waals surface area contributed by atoms with E-state index in [1.54, 1.807) is 0 Å². The van der Waals surface area contributed by atoms with Crippen LogP contribution in [0.3, 0.4) is 0 Å². The average molecular weight is 225 g/mol. The lowest BCUT2D eigenvalue weighted by molar-refractivity contribution is 0.000695. The molecule has 1 N–H and O–H groups in total. The minimum atomic E-state index is -0.0732. The molecule has 0 bridgehead atoms. The average Bonchev–Trinajstić information content (AvgIpc) is 2.29. The lowest BCUT2D eigenvalue weighted by Crippen LogP contribution is -2.49. The van der Waals surface area contributed by atoms with Crippen molar-refractivity contribution >= 4 is 0 Å². The molecule has 0 radical (unpaired) electrons. The third-order valence-corrected chi connectivity index (χ3v) is 4.70. The summed E-state index contributed by atoms with van der Waals surface area (Å²) in [5, 5.41) is 10.1. The molecule has 94 valence electrons. The number of hydrogen-bond acceptors (Lipinski definition) is 2. The van der Waals surface area contributed by atoms with Crippen LogP contribution < -0.4 is 0 Å². The minimum absolute atomic E-state index is 0.0732. The van der Waals surface area contributed by atoms with Gasteiger partial charge in [0.15, 0.2) is 0 Å². The highest BCUT2D eigenvalue weighted by atomic mass is 16.3. The number of aliphatic hydroxyl groups is 1. The van der Waals surface area contributed by atoms with Gasteiger partial charge < -0.3 is 5.11 Å². The Labute approximate surface area is 100 Å². The van der Waals surface area contributed by atoms with Gasteiger partial charge in [-0.15, -0.1) is 0 Å². The lowest BCUT2D eigenvalue weighted by Gasteiger charge is -2.42. The molecule has 0 amide bonds. The van der Waals surface area contributed by atoms with E-state index in [9.17, 15) is 5.11 Å². The fraction of sp³-hybridized carbons (Fsp3) is 1.00. The fourth-order valence-corrected chi connectivity index (χ4v) is 3.61. The summed E-state index contributed by atoms with van der Waals surface area (Å²) in [4.78, 5) is 2.50. The van der Waals surface area contributed by atoms with Crippen molar-refractivity contribution in [3.05, 3.63) is 0 Å². The van der Waals surface area contributed by atoms with Crippen molar-refractivity contribution in [3.63, 3.8) is 0 Å². The SMILES string of the molecule is CC1CCCC(N(C)[C@H]2CCCC[C@@H]2O)C1. The molecule has 0 aromatic rings. The van der Waals surface area contributed by atoms with Crippen molar-refractivity contribution in [2.75, 3.05) is 7.05 Å². The lowest BCUT2D eigenvalue weighted by atomic mass is 9.84. The second-order valence-corrected chi connectivity index (χ2v) is 6.01. The summed E-state index contributed by atoms with van der Waals surface area (Å²) in [6, 6.07) is 1.16. The highest BCUT2D eigenvalue weighted by Crippen LogP contribution is 2.31. The van der Waals surface area contributed by atoms with Crippen molar-refractivity contribution in [1.82, 2.24) is 4.90 Å². The summed E-state index contributed by atoms with van der Waals surface area (Å²) in [5.74, 6) is 0.877. The maximum absolute atomic E-state index is 10.1. The van der Waals surface area contributed by atoms with Crippen molar-refractivity contribution in [2.24, 2.45) is 5.92 Å². The van der Waals surface area contributed by atoms with Crippen molar-refractivity contribution in [3.8, 4) is 0 Å². The molecule has 2 saturated carbocycles. The third-order valence-electron chi connectivity index (χ3n) is 4.70. The molecule has 2 aliphatic carbocycles. The predicted molar refractivity (Wildman–Crippen MR) is 67.4 cm³/mol. The standard InChI is InChI=1S/C14H27NO/c1-11-6-5-7-12(10-11)15(2)13-8-3-4-9-14(13)16/h11-14,16H,3-10H2,1-2H3/t11?,12?,13-,14-/m0/s1. The minimum Gasteiger partial charge on any atom is -0.391 e. The van der Waals surface area contributed by atoms with Crippen LogP contribution in [-0.4, -0.2) is 35.2 Å². The zero-order chi connectivity index (χ0) is 11.5. The zero-order valence-corrected chi connectivity index (χ0v) is 10.9. The summed E-state index contributed by atoms with van der Waals surface area (Å²) in [6.45, 7) is 2.37. The molecular weight excluding hydrogens is 198 g/mol. The topological polar surface area (TPSA) is 23.5 Å². The molecule has 2 fully saturated rings. The maximum atomic E-state index is 10.1. The van der Waals surface area contributed by atoms with E-state index in [1.807, 2.05) is 0 Å². The summed E-state index contributed by atoms with van der Waals surface area (Å²) in [5.41, 5.74) is 0. The molecule has 0 aliphatic heterocycles. The van der Waals surface area contributed by atoms with E-state index in [0.717, 1.165) is 18.4 Å². The van der Waals surface area contributed by atoms with E-state index in [0.29, 0.717) is 6.04 Å². The Morgan fingerprint density at radius 1 is 1.00 bits per heavy atom. The van der Waals surface area contributed by atoms with Gasteiger partial charge in [-0.1, -0.05) is 32.6 Å². The molecular formula is C14H27NO. The van der Waals surface area contributed by atoms with Crippen LogP contribution >= 0.6 is 0 Å². The van der Waals surface area contributed by atoms with E-state index in [2.05, 4.69) is 18.9 Å².